The van der Waals surface area contributed by atoms with Gasteiger partial charge in [-0.15, -0.1) is 0 Å². The van der Waals surface area contributed by atoms with Gasteiger partial charge in [0.1, 0.15) is 0 Å². The van der Waals surface area contributed by atoms with E-state index >= 15 is 0 Å². The van der Waals surface area contributed by atoms with E-state index in [0.29, 0.717) is 11.3 Å². The van der Waals surface area contributed by atoms with Gasteiger partial charge >= 0.3 is 0 Å². The Balaban J connectivity index is 1.89. The molecule has 1 atom stereocenters. The monoisotopic (exact) mass is 270 g/mol. The summed E-state index contributed by atoms with van der Waals surface area (Å²) in [6, 6.07) is 4.33. The van der Waals surface area contributed by atoms with Crippen molar-refractivity contribution in [3.63, 3.8) is 0 Å². The van der Waals surface area contributed by atoms with Crippen LogP contribution in [-0.2, 0) is 12.0 Å². The van der Waals surface area contributed by atoms with Crippen molar-refractivity contribution in [2.75, 3.05) is 13.1 Å². The van der Waals surface area contributed by atoms with E-state index in [9.17, 15) is 4.79 Å². The van der Waals surface area contributed by atoms with Gasteiger partial charge in [0.15, 0.2) is 0 Å². The van der Waals surface area contributed by atoms with E-state index in [1.807, 2.05) is 0 Å². The number of amides is 1. The second-order valence-corrected chi connectivity index (χ2v) is 6.58. The summed E-state index contributed by atoms with van der Waals surface area (Å²) in [5.41, 5.74) is 5.68. The summed E-state index contributed by atoms with van der Waals surface area (Å²) in [6.07, 6.45) is 4.96. The molecule has 106 valence electrons. The van der Waals surface area contributed by atoms with Gasteiger partial charge in [0.25, 0.3) is 5.91 Å². The van der Waals surface area contributed by atoms with E-state index < -0.39 is 0 Å². The SMILES string of the molecule is CCC1CC2(CCNCC2)c2ccc3c(c21)CNC3=O. The molecule has 20 heavy (non-hydrogen) atoms. The highest BCUT2D eigenvalue weighted by Crippen LogP contribution is 2.53. The molecule has 1 aromatic carbocycles. The Labute approximate surface area is 120 Å². The van der Waals surface area contributed by atoms with Crippen LogP contribution in [0, 0.1) is 0 Å². The van der Waals surface area contributed by atoms with Crippen molar-refractivity contribution in [1.29, 1.82) is 0 Å². The van der Waals surface area contributed by atoms with Crippen LogP contribution >= 0.6 is 0 Å². The van der Waals surface area contributed by atoms with Crippen LogP contribution in [0.15, 0.2) is 12.1 Å². The predicted molar refractivity (Wildman–Crippen MR) is 79.0 cm³/mol. The summed E-state index contributed by atoms with van der Waals surface area (Å²) in [5.74, 6) is 0.759. The highest BCUT2D eigenvalue weighted by Gasteiger charge is 2.45. The van der Waals surface area contributed by atoms with Gasteiger partial charge in [-0.25, -0.2) is 0 Å². The van der Waals surface area contributed by atoms with Gasteiger partial charge in [-0.1, -0.05) is 13.0 Å². The maximum Gasteiger partial charge on any atom is 0.251 e. The Morgan fingerprint density at radius 2 is 2.10 bits per heavy atom. The Morgan fingerprint density at radius 3 is 2.85 bits per heavy atom. The molecule has 1 unspecified atom stereocenters. The second kappa shape index (κ2) is 4.32. The Bertz CT molecular complexity index is 573. The van der Waals surface area contributed by atoms with E-state index in [1.165, 1.54) is 36.8 Å². The highest BCUT2D eigenvalue weighted by atomic mass is 16.1. The number of hydrogen-bond donors (Lipinski definition) is 2. The average Bonchev–Trinajstić information content (AvgIpc) is 3.00. The fourth-order valence-corrected chi connectivity index (χ4v) is 4.67. The third kappa shape index (κ3) is 1.53. The molecule has 1 saturated heterocycles. The summed E-state index contributed by atoms with van der Waals surface area (Å²) in [6.45, 7) is 5.29. The molecule has 1 spiro atoms. The number of benzene rings is 1. The Hall–Kier alpha value is -1.35. The van der Waals surface area contributed by atoms with Crippen LogP contribution in [0.5, 0.6) is 0 Å². The van der Waals surface area contributed by atoms with Crippen LogP contribution in [0.2, 0.25) is 0 Å². The van der Waals surface area contributed by atoms with Gasteiger partial charge in [0.2, 0.25) is 0 Å². The summed E-state index contributed by atoms with van der Waals surface area (Å²) in [5, 5.41) is 6.49. The normalized spacial score (nSPS) is 26.4. The van der Waals surface area contributed by atoms with Crippen LogP contribution in [0.25, 0.3) is 0 Å². The van der Waals surface area contributed by atoms with E-state index in [0.717, 1.165) is 25.2 Å². The van der Waals surface area contributed by atoms with Crippen molar-refractivity contribution in [2.45, 2.75) is 50.5 Å². The minimum atomic E-state index is 0.115. The lowest BCUT2D eigenvalue weighted by Gasteiger charge is -2.35. The number of rotatable bonds is 1. The largest absolute Gasteiger partial charge is 0.348 e. The number of carbonyl (C=O) groups is 1. The molecule has 0 bridgehead atoms. The van der Waals surface area contributed by atoms with Gasteiger partial charge in [-0.05, 0) is 72.9 Å². The number of nitrogens with one attached hydrogen (secondary N) is 2. The minimum absolute atomic E-state index is 0.115. The maximum absolute atomic E-state index is 11.9. The molecule has 1 fully saturated rings. The topological polar surface area (TPSA) is 41.1 Å². The number of piperidine rings is 1. The first-order chi connectivity index (χ1) is 9.75. The lowest BCUT2D eigenvalue weighted by atomic mass is 9.73. The van der Waals surface area contributed by atoms with Crippen molar-refractivity contribution in [3.8, 4) is 0 Å². The van der Waals surface area contributed by atoms with Crippen LogP contribution in [-0.4, -0.2) is 19.0 Å². The average molecular weight is 270 g/mol. The third-order valence-electron chi connectivity index (χ3n) is 5.70. The smallest absolute Gasteiger partial charge is 0.251 e. The highest BCUT2D eigenvalue weighted by molar-refractivity contribution is 5.99. The van der Waals surface area contributed by atoms with Crippen molar-refractivity contribution in [1.82, 2.24) is 10.6 Å². The standard InChI is InChI=1S/C17H22N2O/c1-2-11-9-17(5-7-18-8-6-17)14-4-3-12-13(15(11)14)10-19-16(12)20/h3-4,11,18H,2,5-10H2,1H3,(H,19,20). The zero-order chi connectivity index (χ0) is 13.7. The van der Waals surface area contributed by atoms with Gasteiger partial charge in [-0.2, -0.15) is 0 Å². The van der Waals surface area contributed by atoms with Crippen molar-refractivity contribution >= 4 is 5.91 Å². The molecule has 3 aliphatic rings. The molecule has 3 nitrogen and oxygen atoms in total. The van der Waals surface area contributed by atoms with Crippen molar-refractivity contribution in [2.24, 2.45) is 0 Å². The summed E-state index contributed by atoms with van der Waals surface area (Å²) < 4.78 is 0. The molecule has 4 rings (SSSR count). The summed E-state index contributed by atoms with van der Waals surface area (Å²) in [4.78, 5) is 11.9. The van der Waals surface area contributed by atoms with E-state index in [-0.39, 0.29) is 5.91 Å². The lowest BCUT2D eigenvalue weighted by molar-refractivity contribution is 0.0965. The molecule has 1 aliphatic carbocycles. The van der Waals surface area contributed by atoms with Gasteiger partial charge in [0, 0.05) is 12.1 Å². The van der Waals surface area contributed by atoms with Crippen molar-refractivity contribution in [3.05, 3.63) is 34.4 Å². The maximum atomic E-state index is 11.9. The molecular weight excluding hydrogens is 248 g/mol. The van der Waals surface area contributed by atoms with Gasteiger partial charge < -0.3 is 10.6 Å². The quantitative estimate of drug-likeness (QED) is 0.823. The van der Waals surface area contributed by atoms with Crippen molar-refractivity contribution < 1.29 is 4.79 Å². The van der Waals surface area contributed by atoms with E-state index in [1.54, 1.807) is 5.56 Å². The predicted octanol–water partition coefficient (Wildman–Crippen LogP) is 2.45. The van der Waals surface area contributed by atoms with Gasteiger partial charge in [0.05, 0.1) is 0 Å². The lowest BCUT2D eigenvalue weighted by Crippen LogP contribution is -2.38. The third-order valence-corrected chi connectivity index (χ3v) is 5.70. The first kappa shape index (κ1) is 12.4. The number of hydrogen-bond acceptors (Lipinski definition) is 2. The van der Waals surface area contributed by atoms with Crippen LogP contribution < -0.4 is 10.6 Å². The van der Waals surface area contributed by atoms with Crippen LogP contribution in [0.3, 0.4) is 0 Å². The number of carbonyl (C=O) groups excluding carboxylic acids is 1. The molecule has 1 aromatic rings. The Kier molecular flexibility index (Phi) is 2.68. The Morgan fingerprint density at radius 1 is 1.30 bits per heavy atom. The number of fused-ring (bicyclic) bond motifs is 4. The molecular formula is C17H22N2O. The zero-order valence-corrected chi connectivity index (χ0v) is 12.1. The minimum Gasteiger partial charge on any atom is -0.348 e. The fraction of sp³-hybridized carbons (Fsp3) is 0.588. The molecule has 3 heteroatoms. The molecule has 0 aromatic heterocycles. The first-order valence-corrected chi connectivity index (χ1v) is 7.90. The summed E-state index contributed by atoms with van der Waals surface area (Å²) >= 11 is 0. The molecule has 2 heterocycles. The fourth-order valence-electron chi connectivity index (χ4n) is 4.67. The van der Waals surface area contributed by atoms with E-state index in [4.69, 9.17) is 0 Å². The summed E-state index contributed by atoms with van der Waals surface area (Å²) in [7, 11) is 0. The molecule has 0 radical (unpaired) electrons. The molecule has 2 aliphatic heterocycles. The van der Waals surface area contributed by atoms with E-state index in [2.05, 4.69) is 29.7 Å². The zero-order valence-electron chi connectivity index (χ0n) is 12.1. The van der Waals surface area contributed by atoms with Crippen LogP contribution in [0.4, 0.5) is 0 Å². The van der Waals surface area contributed by atoms with Crippen LogP contribution in [0.1, 0.15) is 65.6 Å². The first-order valence-electron chi connectivity index (χ1n) is 7.90. The van der Waals surface area contributed by atoms with Gasteiger partial charge in [-0.3, -0.25) is 4.79 Å². The molecule has 1 amide bonds. The molecule has 0 saturated carbocycles. The molecule has 2 N–H and O–H groups in total. The second-order valence-electron chi connectivity index (χ2n) is 6.58.